The van der Waals surface area contributed by atoms with E-state index in [-0.39, 0.29) is 17.7 Å². The number of benzene rings is 1. The number of aromatic nitrogens is 3. The zero-order chi connectivity index (χ0) is 23.4. The first-order valence-electron chi connectivity index (χ1n) is 11.3. The van der Waals surface area contributed by atoms with E-state index < -0.39 is 0 Å². The van der Waals surface area contributed by atoms with Crippen molar-refractivity contribution in [1.29, 1.82) is 0 Å². The minimum absolute atomic E-state index is 0.0903. The maximum atomic E-state index is 12.9. The summed E-state index contributed by atoms with van der Waals surface area (Å²) >= 11 is 0. The summed E-state index contributed by atoms with van der Waals surface area (Å²) in [4.78, 5) is 31.7. The molecule has 0 saturated carbocycles. The molecule has 1 N–H and O–H groups in total. The Morgan fingerprint density at radius 3 is 2.61 bits per heavy atom. The summed E-state index contributed by atoms with van der Waals surface area (Å²) < 4.78 is 1.89. The topological polar surface area (TPSA) is 80.1 Å². The minimum atomic E-state index is -0.247. The van der Waals surface area contributed by atoms with Crippen molar-refractivity contribution in [3.8, 4) is 5.69 Å². The number of nitrogens with one attached hydrogen (secondary N) is 1. The molecule has 7 nitrogen and oxygen atoms in total. The lowest BCUT2D eigenvalue weighted by Gasteiger charge is -2.31. The molecule has 1 fully saturated rings. The summed E-state index contributed by atoms with van der Waals surface area (Å²) in [6, 6.07) is 15.5. The second-order valence-electron chi connectivity index (χ2n) is 8.44. The quantitative estimate of drug-likeness (QED) is 0.603. The van der Waals surface area contributed by atoms with Gasteiger partial charge in [-0.25, -0.2) is 9.67 Å². The van der Waals surface area contributed by atoms with E-state index in [1.54, 1.807) is 17.0 Å². The van der Waals surface area contributed by atoms with Gasteiger partial charge >= 0.3 is 0 Å². The summed E-state index contributed by atoms with van der Waals surface area (Å²) in [6.07, 6.45) is 4.98. The van der Waals surface area contributed by atoms with Gasteiger partial charge in [-0.05, 0) is 64.0 Å². The molecule has 0 spiro atoms. The van der Waals surface area contributed by atoms with Gasteiger partial charge in [0.25, 0.3) is 0 Å². The predicted octanol–water partition coefficient (Wildman–Crippen LogP) is 4.08. The highest BCUT2D eigenvalue weighted by atomic mass is 16.2. The van der Waals surface area contributed by atoms with Crippen LogP contribution in [-0.4, -0.2) is 44.6 Å². The summed E-state index contributed by atoms with van der Waals surface area (Å²) in [6.45, 7) is 6.88. The van der Waals surface area contributed by atoms with Gasteiger partial charge in [0.2, 0.25) is 11.8 Å². The van der Waals surface area contributed by atoms with E-state index in [0.717, 1.165) is 41.2 Å². The van der Waals surface area contributed by atoms with Crippen molar-refractivity contribution in [2.24, 2.45) is 5.92 Å². The van der Waals surface area contributed by atoms with Crippen LogP contribution in [0.25, 0.3) is 11.8 Å². The van der Waals surface area contributed by atoms with Crippen molar-refractivity contribution in [3.05, 3.63) is 77.3 Å². The van der Waals surface area contributed by atoms with Gasteiger partial charge in [-0.1, -0.05) is 24.3 Å². The largest absolute Gasteiger partial charge is 0.338 e. The standard InChI is InChI=1S/C26H29N5O2/c1-18-9-7-13-24(27-18)28-26(33)21-10-8-16-30(17-21)25(32)15-14-23-19(2)29-31(20(23)3)22-11-5-4-6-12-22/h4-7,9,11-15,21H,8,10,16-17H2,1-3H3,(H,27,28,33). The monoisotopic (exact) mass is 443 g/mol. The molecule has 2 aromatic heterocycles. The Balaban J connectivity index is 1.42. The molecule has 1 aliphatic rings. The third-order valence-corrected chi connectivity index (χ3v) is 5.98. The average molecular weight is 444 g/mol. The van der Waals surface area contributed by atoms with Gasteiger partial charge in [-0.3, -0.25) is 9.59 Å². The van der Waals surface area contributed by atoms with Crippen molar-refractivity contribution >= 4 is 23.7 Å². The van der Waals surface area contributed by atoms with Crippen LogP contribution in [0.5, 0.6) is 0 Å². The van der Waals surface area contributed by atoms with Crippen molar-refractivity contribution in [2.75, 3.05) is 18.4 Å². The molecule has 3 heterocycles. The summed E-state index contributed by atoms with van der Waals surface area (Å²) in [5.41, 5.74) is 4.60. The fraction of sp³-hybridized carbons (Fsp3) is 0.308. The molecule has 1 atom stereocenters. The molecule has 7 heteroatoms. The van der Waals surface area contributed by atoms with Gasteiger partial charge in [0.05, 0.1) is 17.3 Å². The Bertz CT molecular complexity index is 1180. The van der Waals surface area contributed by atoms with Crippen LogP contribution in [0.1, 0.15) is 35.5 Å². The molecule has 4 rings (SSSR count). The van der Waals surface area contributed by atoms with Crippen LogP contribution < -0.4 is 5.32 Å². The van der Waals surface area contributed by atoms with Gasteiger partial charge in [-0.2, -0.15) is 5.10 Å². The maximum Gasteiger partial charge on any atom is 0.246 e. The second kappa shape index (κ2) is 9.81. The number of rotatable bonds is 5. The summed E-state index contributed by atoms with van der Waals surface area (Å²) in [5, 5.41) is 7.52. The number of amides is 2. The number of piperidine rings is 1. The van der Waals surface area contributed by atoms with Gasteiger partial charge in [-0.15, -0.1) is 0 Å². The summed E-state index contributed by atoms with van der Waals surface area (Å²) in [7, 11) is 0. The van der Waals surface area contributed by atoms with E-state index in [4.69, 9.17) is 0 Å². The first-order chi connectivity index (χ1) is 15.9. The number of carbonyl (C=O) groups is 2. The molecule has 1 unspecified atom stereocenters. The van der Waals surface area contributed by atoms with E-state index >= 15 is 0 Å². The number of anilines is 1. The Morgan fingerprint density at radius 1 is 1.06 bits per heavy atom. The molecule has 0 aliphatic carbocycles. The highest BCUT2D eigenvalue weighted by Crippen LogP contribution is 2.21. The van der Waals surface area contributed by atoms with Crippen LogP contribution >= 0.6 is 0 Å². The number of carbonyl (C=O) groups excluding carboxylic acids is 2. The van der Waals surface area contributed by atoms with E-state index in [1.165, 1.54) is 0 Å². The van der Waals surface area contributed by atoms with Crippen LogP contribution in [0.3, 0.4) is 0 Å². The second-order valence-corrected chi connectivity index (χ2v) is 8.44. The lowest BCUT2D eigenvalue weighted by Crippen LogP contribution is -2.43. The van der Waals surface area contributed by atoms with Crippen LogP contribution in [-0.2, 0) is 9.59 Å². The van der Waals surface area contributed by atoms with Crippen molar-refractivity contribution in [2.45, 2.75) is 33.6 Å². The number of aryl methyl sites for hydroxylation is 2. The zero-order valence-corrected chi connectivity index (χ0v) is 19.3. The van der Waals surface area contributed by atoms with E-state index in [1.807, 2.05) is 74.0 Å². The fourth-order valence-electron chi connectivity index (χ4n) is 4.21. The summed E-state index contributed by atoms with van der Waals surface area (Å²) in [5.74, 6) is 0.116. The molecule has 2 amide bonds. The third kappa shape index (κ3) is 5.19. The highest BCUT2D eigenvalue weighted by Gasteiger charge is 2.28. The first kappa shape index (κ1) is 22.5. The number of hydrogen-bond donors (Lipinski definition) is 1. The van der Waals surface area contributed by atoms with Crippen LogP contribution in [0.2, 0.25) is 0 Å². The van der Waals surface area contributed by atoms with E-state index in [0.29, 0.717) is 18.9 Å². The van der Waals surface area contributed by atoms with E-state index in [9.17, 15) is 9.59 Å². The highest BCUT2D eigenvalue weighted by molar-refractivity contribution is 5.94. The molecule has 1 saturated heterocycles. The molecule has 33 heavy (non-hydrogen) atoms. The number of pyridine rings is 1. The van der Waals surface area contributed by atoms with Gasteiger partial charge in [0.15, 0.2) is 0 Å². The van der Waals surface area contributed by atoms with E-state index in [2.05, 4.69) is 15.4 Å². The van der Waals surface area contributed by atoms with Crippen molar-refractivity contribution < 1.29 is 9.59 Å². The third-order valence-electron chi connectivity index (χ3n) is 5.98. The molecule has 3 aromatic rings. The minimum Gasteiger partial charge on any atom is -0.338 e. The molecule has 0 bridgehead atoms. The number of hydrogen-bond acceptors (Lipinski definition) is 4. The maximum absolute atomic E-state index is 12.9. The van der Waals surface area contributed by atoms with Crippen LogP contribution in [0, 0.1) is 26.7 Å². The SMILES string of the molecule is Cc1cccc(NC(=O)C2CCCN(C(=O)C=Cc3c(C)nn(-c4ccccc4)c3C)C2)n1. The number of nitrogens with zero attached hydrogens (tertiary/aromatic N) is 4. The first-order valence-corrected chi connectivity index (χ1v) is 11.3. The zero-order valence-electron chi connectivity index (χ0n) is 19.3. The number of para-hydroxylation sites is 1. The average Bonchev–Trinajstić information content (AvgIpc) is 3.11. The predicted molar refractivity (Wildman–Crippen MR) is 129 cm³/mol. The number of likely N-dealkylation sites (tertiary alicyclic amines) is 1. The lowest BCUT2D eigenvalue weighted by molar-refractivity contribution is -0.130. The molecule has 1 aromatic carbocycles. The molecule has 0 radical (unpaired) electrons. The molecule has 1 aliphatic heterocycles. The van der Waals surface area contributed by atoms with Gasteiger partial charge in [0.1, 0.15) is 5.82 Å². The Hall–Kier alpha value is -3.74. The normalized spacial score (nSPS) is 16.2. The Morgan fingerprint density at radius 2 is 1.85 bits per heavy atom. The molecular weight excluding hydrogens is 414 g/mol. The Labute approximate surface area is 194 Å². The van der Waals surface area contributed by atoms with Crippen molar-refractivity contribution in [3.63, 3.8) is 0 Å². The lowest BCUT2D eigenvalue weighted by atomic mass is 9.97. The van der Waals surface area contributed by atoms with Gasteiger partial charge in [0, 0.05) is 36.1 Å². The molecule has 170 valence electrons. The van der Waals surface area contributed by atoms with Crippen LogP contribution in [0.15, 0.2) is 54.6 Å². The van der Waals surface area contributed by atoms with Crippen LogP contribution in [0.4, 0.5) is 5.82 Å². The Kier molecular flexibility index (Phi) is 6.68. The van der Waals surface area contributed by atoms with Crippen molar-refractivity contribution in [1.82, 2.24) is 19.7 Å². The molecular formula is C26H29N5O2. The van der Waals surface area contributed by atoms with Gasteiger partial charge < -0.3 is 10.2 Å². The smallest absolute Gasteiger partial charge is 0.246 e. The fourth-order valence-corrected chi connectivity index (χ4v) is 4.21.